The highest BCUT2D eigenvalue weighted by Crippen LogP contribution is 2.19. The molecule has 1 N–H and O–H groups in total. The Bertz CT molecular complexity index is 955. The second kappa shape index (κ2) is 10.5. The lowest BCUT2D eigenvalue weighted by Crippen LogP contribution is -2.37. The average molecular weight is 444 g/mol. The molecule has 0 aliphatic heterocycles. The topological polar surface area (TPSA) is 54.5 Å². The van der Waals surface area contributed by atoms with Gasteiger partial charge in [-0.1, -0.05) is 43.1 Å². The van der Waals surface area contributed by atoms with E-state index < -0.39 is 0 Å². The van der Waals surface area contributed by atoms with Crippen molar-refractivity contribution in [3.8, 4) is 5.75 Å². The number of rotatable bonds is 8. The number of aromatic nitrogens is 1. The Labute approximate surface area is 186 Å². The lowest BCUT2D eigenvalue weighted by atomic mass is 10.2. The molecule has 0 aliphatic carbocycles. The van der Waals surface area contributed by atoms with Crippen LogP contribution >= 0.6 is 22.9 Å². The van der Waals surface area contributed by atoms with Crippen molar-refractivity contribution in [1.82, 2.24) is 9.88 Å². The highest BCUT2D eigenvalue weighted by atomic mass is 35.5. The van der Waals surface area contributed by atoms with Crippen LogP contribution in [0.25, 0.3) is 0 Å². The van der Waals surface area contributed by atoms with E-state index in [-0.39, 0.29) is 6.03 Å². The van der Waals surface area contributed by atoms with Gasteiger partial charge in [0.15, 0.2) is 0 Å². The van der Waals surface area contributed by atoms with Crippen LogP contribution in [0.1, 0.15) is 30.1 Å². The molecule has 3 aromatic rings. The van der Waals surface area contributed by atoms with E-state index in [2.05, 4.69) is 24.1 Å². The van der Waals surface area contributed by atoms with E-state index in [9.17, 15) is 4.79 Å². The maximum atomic E-state index is 12.8. The maximum Gasteiger partial charge on any atom is 0.322 e. The number of ether oxygens (including phenoxy) is 1. The Morgan fingerprint density at radius 3 is 2.53 bits per heavy atom. The van der Waals surface area contributed by atoms with Crippen LogP contribution in [0, 0.1) is 12.8 Å². The molecule has 30 heavy (non-hydrogen) atoms. The molecule has 0 saturated heterocycles. The number of halogens is 1. The van der Waals surface area contributed by atoms with Crippen LogP contribution in [0.4, 0.5) is 10.5 Å². The van der Waals surface area contributed by atoms with Gasteiger partial charge >= 0.3 is 6.03 Å². The molecule has 0 fully saturated rings. The molecule has 0 unspecified atom stereocenters. The fourth-order valence-electron chi connectivity index (χ4n) is 2.86. The van der Waals surface area contributed by atoms with E-state index in [0.717, 1.165) is 27.7 Å². The largest absolute Gasteiger partial charge is 0.486 e. The molecule has 0 saturated carbocycles. The fraction of sp³-hybridized carbons (Fsp3) is 0.304. The third-order valence-electron chi connectivity index (χ3n) is 4.30. The normalized spacial score (nSPS) is 10.8. The van der Waals surface area contributed by atoms with E-state index in [1.807, 2.05) is 48.7 Å². The van der Waals surface area contributed by atoms with E-state index in [0.29, 0.717) is 30.6 Å². The van der Waals surface area contributed by atoms with Crippen molar-refractivity contribution in [2.45, 2.75) is 33.9 Å². The van der Waals surface area contributed by atoms with E-state index >= 15 is 0 Å². The number of amides is 2. The number of nitrogens with zero attached hydrogens (tertiary/aromatic N) is 2. The van der Waals surface area contributed by atoms with Crippen molar-refractivity contribution in [3.05, 3.63) is 75.2 Å². The van der Waals surface area contributed by atoms with E-state index in [4.69, 9.17) is 16.3 Å². The summed E-state index contributed by atoms with van der Waals surface area (Å²) in [6.45, 7) is 7.69. The summed E-state index contributed by atoms with van der Waals surface area (Å²) in [5.41, 5.74) is 2.80. The third kappa shape index (κ3) is 6.75. The number of aryl methyl sites for hydroxylation is 1. The molecule has 0 atom stereocenters. The molecule has 5 nitrogen and oxygen atoms in total. The SMILES string of the molecule is Cc1ccc(NC(=O)N(Cc2csc(COc3ccc(Cl)cc3)n2)CC(C)C)cc1. The highest BCUT2D eigenvalue weighted by Gasteiger charge is 2.17. The smallest absolute Gasteiger partial charge is 0.322 e. The number of carbonyl (C=O) groups excluding carboxylic acids is 1. The molecule has 0 radical (unpaired) electrons. The second-order valence-corrected chi connectivity index (χ2v) is 8.92. The Morgan fingerprint density at radius 2 is 1.87 bits per heavy atom. The third-order valence-corrected chi connectivity index (χ3v) is 5.43. The van der Waals surface area contributed by atoms with Gasteiger partial charge in [0.25, 0.3) is 0 Å². The van der Waals surface area contributed by atoms with Crippen molar-refractivity contribution in [2.24, 2.45) is 5.92 Å². The molecule has 0 spiro atoms. The van der Waals surface area contributed by atoms with Gasteiger partial charge in [0, 0.05) is 22.6 Å². The highest BCUT2D eigenvalue weighted by molar-refractivity contribution is 7.09. The maximum absolute atomic E-state index is 12.8. The Morgan fingerprint density at radius 1 is 1.17 bits per heavy atom. The van der Waals surface area contributed by atoms with Crippen LogP contribution in [0.2, 0.25) is 5.02 Å². The van der Waals surface area contributed by atoms with Crippen molar-refractivity contribution in [2.75, 3.05) is 11.9 Å². The zero-order valence-corrected chi connectivity index (χ0v) is 19.0. The first-order valence-electron chi connectivity index (χ1n) is 9.83. The first kappa shape index (κ1) is 22.1. The summed E-state index contributed by atoms with van der Waals surface area (Å²) in [6.07, 6.45) is 0. The van der Waals surface area contributed by atoms with Gasteiger partial charge < -0.3 is 15.0 Å². The quantitative estimate of drug-likeness (QED) is 0.439. The minimum absolute atomic E-state index is 0.125. The molecule has 2 aromatic carbocycles. The number of benzene rings is 2. The fourth-order valence-corrected chi connectivity index (χ4v) is 3.68. The predicted octanol–water partition coefficient (Wildman–Crippen LogP) is 6.37. The summed E-state index contributed by atoms with van der Waals surface area (Å²) in [5, 5.41) is 6.50. The van der Waals surface area contributed by atoms with Crippen molar-refractivity contribution < 1.29 is 9.53 Å². The van der Waals surface area contributed by atoms with Crippen LogP contribution in [-0.2, 0) is 13.2 Å². The van der Waals surface area contributed by atoms with Crippen molar-refractivity contribution in [3.63, 3.8) is 0 Å². The van der Waals surface area contributed by atoms with Gasteiger partial charge in [-0.05, 0) is 49.2 Å². The lowest BCUT2D eigenvalue weighted by molar-refractivity contribution is 0.201. The van der Waals surface area contributed by atoms with Gasteiger partial charge in [0.1, 0.15) is 17.4 Å². The number of nitrogens with one attached hydrogen (secondary N) is 1. The summed E-state index contributed by atoms with van der Waals surface area (Å²) in [5.74, 6) is 1.09. The Kier molecular flexibility index (Phi) is 7.71. The predicted molar refractivity (Wildman–Crippen MR) is 123 cm³/mol. The number of carbonyl (C=O) groups is 1. The summed E-state index contributed by atoms with van der Waals surface area (Å²) >= 11 is 7.43. The zero-order valence-electron chi connectivity index (χ0n) is 17.4. The number of hydrogen-bond acceptors (Lipinski definition) is 4. The average Bonchev–Trinajstić information content (AvgIpc) is 3.16. The van der Waals surface area contributed by atoms with Crippen LogP contribution in [0.3, 0.4) is 0 Å². The van der Waals surface area contributed by atoms with Gasteiger partial charge in [0.2, 0.25) is 0 Å². The lowest BCUT2D eigenvalue weighted by Gasteiger charge is -2.24. The zero-order chi connectivity index (χ0) is 21.5. The second-order valence-electron chi connectivity index (χ2n) is 7.55. The van der Waals surface area contributed by atoms with Gasteiger partial charge in [-0.15, -0.1) is 11.3 Å². The Balaban J connectivity index is 1.60. The minimum Gasteiger partial charge on any atom is -0.486 e. The van der Waals surface area contributed by atoms with Crippen LogP contribution in [0.5, 0.6) is 5.75 Å². The molecule has 2 amide bonds. The summed E-state index contributed by atoms with van der Waals surface area (Å²) in [4.78, 5) is 19.3. The van der Waals surface area contributed by atoms with Gasteiger partial charge in [-0.2, -0.15) is 0 Å². The van der Waals surface area contributed by atoms with E-state index in [1.165, 1.54) is 11.3 Å². The standard InChI is InChI=1S/C23H26ClN3O2S/c1-16(2)12-27(23(28)26-19-8-4-17(3)5-9-19)13-20-15-30-22(25-20)14-29-21-10-6-18(24)7-11-21/h4-11,15-16H,12-14H2,1-3H3,(H,26,28). The first-order chi connectivity index (χ1) is 14.4. The summed E-state index contributed by atoms with van der Waals surface area (Å²) < 4.78 is 5.76. The first-order valence-corrected chi connectivity index (χ1v) is 11.1. The number of thiazole rings is 1. The van der Waals surface area contributed by atoms with Crippen molar-refractivity contribution >= 4 is 34.7 Å². The summed E-state index contributed by atoms with van der Waals surface area (Å²) in [7, 11) is 0. The number of urea groups is 1. The molecule has 7 heteroatoms. The molecule has 0 aliphatic rings. The minimum atomic E-state index is -0.125. The molecule has 1 aromatic heterocycles. The van der Waals surface area contributed by atoms with Crippen LogP contribution in [-0.4, -0.2) is 22.5 Å². The van der Waals surface area contributed by atoms with Crippen LogP contribution in [0.15, 0.2) is 53.9 Å². The van der Waals surface area contributed by atoms with Gasteiger partial charge in [-0.25, -0.2) is 9.78 Å². The van der Waals surface area contributed by atoms with E-state index in [1.54, 1.807) is 17.0 Å². The number of hydrogen-bond donors (Lipinski definition) is 1. The molecule has 3 rings (SSSR count). The number of anilines is 1. The van der Waals surface area contributed by atoms with Gasteiger partial charge in [-0.3, -0.25) is 0 Å². The van der Waals surface area contributed by atoms with Gasteiger partial charge in [0.05, 0.1) is 12.2 Å². The molecular formula is C23H26ClN3O2S. The molecule has 0 bridgehead atoms. The molecule has 1 heterocycles. The van der Waals surface area contributed by atoms with Crippen molar-refractivity contribution in [1.29, 1.82) is 0 Å². The molecule has 158 valence electrons. The molecular weight excluding hydrogens is 418 g/mol. The monoisotopic (exact) mass is 443 g/mol. The Hall–Kier alpha value is -2.57. The summed E-state index contributed by atoms with van der Waals surface area (Å²) in [6, 6.07) is 14.9. The van der Waals surface area contributed by atoms with Crippen LogP contribution < -0.4 is 10.1 Å².